The lowest BCUT2D eigenvalue weighted by Crippen LogP contribution is -2.17. The van der Waals surface area contributed by atoms with E-state index in [0.29, 0.717) is 16.6 Å². The average Bonchev–Trinajstić information content (AvgIpc) is 2.87. The van der Waals surface area contributed by atoms with Crippen LogP contribution < -0.4 is 0 Å². The largest absolute Gasteiger partial charge is 0.291 e. The van der Waals surface area contributed by atoms with Gasteiger partial charge in [0.1, 0.15) is 0 Å². The molecule has 0 radical (unpaired) electrons. The van der Waals surface area contributed by atoms with Crippen LogP contribution in [0.2, 0.25) is 0 Å². The number of ketones is 1. The number of carbonyl (C=O) groups excluding carboxylic acids is 2. The van der Waals surface area contributed by atoms with Gasteiger partial charge in [-0.15, -0.1) is 0 Å². The highest BCUT2D eigenvalue weighted by molar-refractivity contribution is 6.07. The molecule has 3 aromatic rings. The number of imidazole rings is 1. The molecular formula is C15H11N3O2. The number of aromatic nitrogens is 3. The van der Waals surface area contributed by atoms with Crippen molar-refractivity contribution < 1.29 is 9.59 Å². The van der Waals surface area contributed by atoms with Crippen molar-refractivity contribution in [2.75, 3.05) is 0 Å². The standard InChI is InChI=1S/C15H11N3O2/c1-10(19)14-17-12-6-2-3-7-13(12)18(14)15(20)11-5-4-8-16-9-11/h2-9H,1H3. The molecule has 0 unspecified atom stereocenters. The summed E-state index contributed by atoms with van der Waals surface area (Å²) in [4.78, 5) is 32.5. The van der Waals surface area contributed by atoms with E-state index < -0.39 is 0 Å². The molecule has 0 saturated heterocycles. The summed E-state index contributed by atoms with van der Waals surface area (Å²) in [6, 6.07) is 10.5. The fraction of sp³-hybridized carbons (Fsp3) is 0.0667. The Morgan fingerprint density at radius 1 is 1.10 bits per heavy atom. The number of rotatable bonds is 2. The molecule has 0 amide bonds. The average molecular weight is 265 g/mol. The van der Waals surface area contributed by atoms with Gasteiger partial charge in [-0.25, -0.2) is 4.98 Å². The molecule has 2 aromatic heterocycles. The van der Waals surface area contributed by atoms with Crippen molar-refractivity contribution in [3.8, 4) is 0 Å². The Kier molecular flexibility index (Phi) is 2.87. The van der Waals surface area contributed by atoms with Crippen LogP contribution in [0.1, 0.15) is 27.9 Å². The van der Waals surface area contributed by atoms with E-state index in [4.69, 9.17) is 0 Å². The van der Waals surface area contributed by atoms with E-state index in [1.165, 1.54) is 17.7 Å². The number of benzene rings is 1. The van der Waals surface area contributed by atoms with E-state index in [9.17, 15) is 9.59 Å². The van der Waals surface area contributed by atoms with E-state index in [-0.39, 0.29) is 17.5 Å². The summed E-state index contributed by atoms with van der Waals surface area (Å²) in [5, 5.41) is 0. The number of fused-ring (bicyclic) bond motifs is 1. The quantitative estimate of drug-likeness (QED) is 0.667. The SMILES string of the molecule is CC(=O)c1nc2ccccc2n1C(=O)c1cccnc1. The number of nitrogens with zero attached hydrogens (tertiary/aromatic N) is 3. The highest BCUT2D eigenvalue weighted by atomic mass is 16.2. The van der Waals surface area contributed by atoms with Crippen LogP contribution in [-0.4, -0.2) is 26.2 Å². The minimum atomic E-state index is -0.308. The molecule has 0 bridgehead atoms. The molecule has 0 saturated carbocycles. The Labute approximate surface area is 114 Å². The van der Waals surface area contributed by atoms with Crippen molar-refractivity contribution in [2.24, 2.45) is 0 Å². The molecule has 5 heteroatoms. The van der Waals surface area contributed by atoms with Gasteiger partial charge in [0.05, 0.1) is 16.6 Å². The van der Waals surface area contributed by atoms with Gasteiger partial charge >= 0.3 is 0 Å². The van der Waals surface area contributed by atoms with Crippen LogP contribution in [0.5, 0.6) is 0 Å². The highest BCUT2D eigenvalue weighted by Gasteiger charge is 2.20. The second-order valence-electron chi connectivity index (χ2n) is 4.36. The Morgan fingerprint density at radius 3 is 2.60 bits per heavy atom. The molecule has 0 aliphatic rings. The van der Waals surface area contributed by atoms with Crippen LogP contribution in [0.15, 0.2) is 48.8 Å². The molecule has 0 atom stereocenters. The molecule has 0 aliphatic heterocycles. The van der Waals surface area contributed by atoms with Gasteiger partial charge < -0.3 is 0 Å². The summed E-state index contributed by atoms with van der Waals surface area (Å²) in [6.45, 7) is 1.40. The van der Waals surface area contributed by atoms with E-state index in [0.717, 1.165) is 0 Å². The van der Waals surface area contributed by atoms with Gasteiger partial charge in [0.25, 0.3) is 5.91 Å². The first-order valence-corrected chi connectivity index (χ1v) is 6.11. The van der Waals surface area contributed by atoms with Crippen molar-refractivity contribution in [3.63, 3.8) is 0 Å². The van der Waals surface area contributed by atoms with Gasteiger partial charge in [-0.2, -0.15) is 0 Å². The summed E-state index contributed by atoms with van der Waals surface area (Å²) in [7, 11) is 0. The first kappa shape index (κ1) is 12.2. The van der Waals surface area contributed by atoms with Crippen molar-refractivity contribution in [1.82, 2.24) is 14.5 Å². The van der Waals surface area contributed by atoms with Gasteiger partial charge in [0, 0.05) is 19.3 Å². The summed E-state index contributed by atoms with van der Waals surface area (Å²) in [5.41, 5.74) is 1.65. The molecule has 0 N–H and O–H groups in total. The zero-order valence-electron chi connectivity index (χ0n) is 10.8. The zero-order chi connectivity index (χ0) is 14.1. The predicted molar refractivity (Wildman–Crippen MR) is 73.7 cm³/mol. The van der Waals surface area contributed by atoms with Crippen molar-refractivity contribution in [3.05, 3.63) is 60.2 Å². The summed E-state index contributed by atoms with van der Waals surface area (Å²) in [5.74, 6) is -0.421. The number of para-hydroxylation sites is 2. The van der Waals surface area contributed by atoms with Crippen LogP contribution in [0.3, 0.4) is 0 Å². The second-order valence-corrected chi connectivity index (χ2v) is 4.36. The molecule has 3 rings (SSSR count). The highest BCUT2D eigenvalue weighted by Crippen LogP contribution is 2.18. The van der Waals surface area contributed by atoms with Crippen LogP contribution in [0.4, 0.5) is 0 Å². The number of carbonyl (C=O) groups is 2. The Hall–Kier alpha value is -2.82. The Bertz CT molecular complexity index is 806. The molecule has 98 valence electrons. The van der Waals surface area contributed by atoms with Gasteiger partial charge in [-0.05, 0) is 24.3 Å². The first-order chi connectivity index (χ1) is 9.68. The molecule has 1 aromatic carbocycles. The topological polar surface area (TPSA) is 64.8 Å². The lowest BCUT2D eigenvalue weighted by atomic mass is 10.2. The lowest BCUT2D eigenvalue weighted by molar-refractivity contribution is 0.0928. The fourth-order valence-corrected chi connectivity index (χ4v) is 2.09. The predicted octanol–water partition coefficient (Wildman–Crippen LogP) is 2.32. The zero-order valence-corrected chi connectivity index (χ0v) is 10.8. The lowest BCUT2D eigenvalue weighted by Gasteiger charge is -2.05. The van der Waals surface area contributed by atoms with Gasteiger partial charge in [0.15, 0.2) is 11.6 Å². The minimum absolute atomic E-state index is 0.139. The maximum absolute atomic E-state index is 12.6. The summed E-state index contributed by atoms with van der Waals surface area (Å²) in [6.07, 6.45) is 3.07. The number of hydrogen-bond acceptors (Lipinski definition) is 4. The third kappa shape index (κ3) is 1.89. The van der Waals surface area contributed by atoms with Crippen molar-refractivity contribution in [2.45, 2.75) is 6.92 Å². The minimum Gasteiger partial charge on any atom is -0.291 e. The van der Waals surface area contributed by atoms with Crippen LogP contribution in [-0.2, 0) is 0 Å². The molecule has 5 nitrogen and oxygen atoms in total. The second kappa shape index (κ2) is 4.70. The normalized spacial score (nSPS) is 10.7. The molecule has 0 fully saturated rings. The summed E-state index contributed by atoms with van der Waals surface area (Å²) < 4.78 is 1.34. The monoisotopic (exact) mass is 265 g/mol. The smallest absolute Gasteiger partial charge is 0.265 e. The van der Waals surface area contributed by atoms with Crippen LogP contribution in [0.25, 0.3) is 11.0 Å². The maximum atomic E-state index is 12.6. The fourth-order valence-electron chi connectivity index (χ4n) is 2.09. The Balaban J connectivity index is 2.27. The molecule has 0 aliphatic carbocycles. The molecule has 0 spiro atoms. The Morgan fingerprint density at radius 2 is 1.90 bits per heavy atom. The van der Waals surface area contributed by atoms with Crippen molar-refractivity contribution >= 4 is 22.7 Å². The third-order valence-electron chi connectivity index (χ3n) is 2.99. The molecule has 20 heavy (non-hydrogen) atoms. The third-order valence-corrected chi connectivity index (χ3v) is 2.99. The molecular weight excluding hydrogens is 254 g/mol. The number of hydrogen-bond donors (Lipinski definition) is 0. The van der Waals surface area contributed by atoms with Gasteiger partial charge in [-0.1, -0.05) is 12.1 Å². The van der Waals surface area contributed by atoms with Crippen LogP contribution >= 0.6 is 0 Å². The van der Waals surface area contributed by atoms with E-state index in [1.807, 2.05) is 6.07 Å². The van der Waals surface area contributed by atoms with E-state index in [2.05, 4.69) is 9.97 Å². The summed E-state index contributed by atoms with van der Waals surface area (Å²) >= 11 is 0. The van der Waals surface area contributed by atoms with E-state index >= 15 is 0 Å². The molecule has 2 heterocycles. The number of pyridine rings is 1. The number of Topliss-reactive ketones (excluding diaryl/α,β-unsaturated/α-hetero) is 1. The van der Waals surface area contributed by atoms with Crippen LogP contribution in [0, 0.1) is 0 Å². The van der Waals surface area contributed by atoms with E-state index in [1.54, 1.807) is 36.5 Å². The van der Waals surface area contributed by atoms with Gasteiger partial charge in [-0.3, -0.25) is 19.1 Å². The first-order valence-electron chi connectivity index (χ1n) is 6.11. The maximum Gasteiger partial charge on any atom is 0.265 e. The van der Waals surface area contributed by atoms with Crippen molar-refractivity contribution in [1.29, 1.82) is 0 Å². The van der Waals surface area contributed by atoms with Gasteiger partial charge in [0.2, 0.25) is 0 Å².